The van der Waals surface area contributed by atoms with E-state index in [1.54, 1.807) is 48.5 Å². The lowest BCUT2D eigenvalue weighted by atomic mass is 10.2. The Balaban J connectivity index is 1.43. The number of hydrogen-bond acceptors (Lipinski definition) is 5. The maximum Gasteiger partial charge on any atom is 0.347 e. The molecule has 1 heterocycles. The van der Waals surface area contributed by atoms with Crippen molar-refractivity contribution in [3.63, 3.8) is 0 Å². The van der Waals surface area contributed by atoms with Gasteiger partial charge in [0.15, 0.2) is 6.61 Å². The van der Waals surface area contributed by atoms with Crippen molar-refractivity contribution in [2.24, 2.45) is 0 Å². The van der Waals surface area contributed by atoms with Crippen LogP contribution in [0, 0.1) is 5.82 Å². The summed E-state index contributed by atoms with van der Waals surface area (Å²) in [4.78, 5) is 28.5. The highest BCUT2D eigenvalue weighted by molar-refractivity contribution is 5.92. The molecule has 0 aliphatic carbocycles. The van der Waals surface area contributed by atoms with E-state index in [2.05, 4.69) is 10.3 Å². The third kappa shape index (κ3) is 4.30. The lowest BCUT2D eigenvalue weighted by molar-refractivity contribution is -0.118. The van der Waals surface area contributed by atoms with Crippen molar-refractivity contribution in [1.82, 2.24) is 4.98 Å². The van der Waals surface area contributed by atoms with E-state index in [-0.39, 0.29) is 24.2 Å². The van der Waals surface area contributed by atoms with E-state index in [9.17, 15) is 14.0 Å². The Labute approximate surface area is 164 Å². The summed E-state index contributed by atoms with van der Waals surface area (Å²) in [6, 6.07) is 19.1. The molecular formula is C22H15FN2O4. The number of benzene rings is 3. The molecule has 144 valence electrons. The molecule has 0 bridgehead atoms. The van der Waals surface area contributed by atoms with Crippen LogP contribution in [0.2, 0.25) is 0 Å². The van der Waals surface area contributed by atoms with Gasteiger partial charge in [-0.05, 0) is 60.7 Å². The summed E-state index contributed by atoms with van der Waals surface area (Å²) in [7, 11) is 0. The van der Waals surface area contributed by atoms with Crippen LogP contribution in [0.15, 0.2) is 82.0 Å². The number of rotatable bonds is 5. The lowest BCUT2D eigenvalue weighted by Crippen LogP contribution is -2.20. The van der Waals surface area contributed by atoms with Crippen molar-refractivity contribution in [3.8, 4) is 17.2 Å². The Morgan fingerprint density at radius 1 is 1.00 bits per heavy atom. The molecule has 0 atom stereocenters. The first kappa shape index (κ1) is 18.4. The lowest BCUT2D eigenvalue weighted by Gasteiger charge is -2.08. The molecule has 1 aromatic heterocycles. The fourth-order valence-corrected chi connectivity index (χ4v) is 2.72. The number of aromatic nitrogens is 1. The maximum atomic E-state index is 12.9. The van der Waals surface area contributed by atoms with Crippen molar-refractivity contribution in [2.45, 2.75) is 0 Å². The van der Waals surface area contributed by atoms with E-state index in [0.717, 1.165) is 0 Å². The van der Waals surface area contributed by atoms with Gasteiger partial charge in [-0.2, -0.15) is 0 Å². The van der Waals surface area contributed by atoms with Crippen LogP contribution in [-0.4, -0.2) is 17.5 Å². The van der Waals surface area contributed by atoms with Crippen LogP contribution in [-0.2, 0) is 4.79 Å². The molecule has 0 saturated carbocycles. The SMILES string of the molecule is O=C(COc1ccc(F)cc1)Nc1ccc(-c2nc3ccccc3c(=O)o2)cc1. The molecule has 0 aliphatic heterocycles. The first-order valence-corrected chi connectivity index (χ1v) is 8.77. The average molecular weight is 390 g/mol. The predicted octanol–water partition coefficient (Wildman–Crippen LogP) is 4.01. The number of fused-ring (bicyclic) bond motifs is 1. The van der Waals surface area contributed by atoms with Gasteiger partial charge in [0.2, 0.25) is 5.89 Å². The summed E-state index contributed by atoms with van der Waals surface area (Å²) in [6.45, 7) is -0.214. The monoisotopic (exact) mass is 390 g/mol. The summed E-state index contributed by atoms with van der Waals surface area (Å²) in [6.07, 6.45) is 0. The molecule has 0 saturated heterocycles. The van der Waals surface area contributed by atoms with Gasteiger partial charge in [-0.15, -0.1) is 0 Å². The largest absolute Gasteiger partial charge is 0.484 e. The molecule has 0 aliphatic rings. The summed E-state index contributed by atoms with van der Waals surface area (Å²) in [5.74, 6) is -0.142. The van der Waals surface area contributed by atoms with E-state index in [1.807, 2.05) is 0 Å². The number of carbonyl (C=O) groups is 1. The Morgan fingerprint density at radius 3 is 2.48 bits per heavy atom. The Kier molecular flexibility index (Phi) is 5.03. The second-order valence-electron chi connectivity index (χ2n) is 6.19. The number of amides is 1. The number of anilines is 1. The van der Waals surface area contributed by atoms with Crippen LogP contribution >= 0.6 is 0 Å². The number of ether oxygens (including phenoxy) is 1. The van der Waals surface area contributed by atoms with Crippen LogP contribution in [0.4, 0.5) is 10.1 Å². The van der Waals surface area contributed by atoms with Crippen molar-refractivity contribution in [2.75, 3.05) is 11.9 Å². The molecule has 0 radical (unpaired) electrons. The predicted molar refractivity (Wildman–Crippen MR) is 106 cm³/mol. The molecule has 0 fully saturated rings. The van der Waals surface area contributed by atoms with Gasteiger partial charge in [-0.3, -0.25) is 4.79 Å². The van der Waals surface area contributed by atoms with Crippen molar-refractivity contribution >= 4 is 22.5 Å². The molecular weight excluding hydrogens is 375 g/mol. The fourth-order valence-electron chi connectivity index (χ4n) is 2.72. The molecule has 1 N–H and O–H groups in total. The molecule has 3 aromatic carbocycles. The standard InChI is InChI=1S/C22H15FN2O4/c23-15-7-11-17(12-8-15)28-13-20(26)24-16-9-5-14(6-10-16)21-25-19-4-2-1-3-18(19)22(27)29-21/h1-12H,13H2,(H,24,26). The average Bonchev–Trinajstić information content (AvgIpc) is 2.74. The van der Waals surface area contributed by atoms with Gasteiger partial charge in [-0.1, -0.05) is 12.1 Å². The highest BCUT2D eigenvalue weighted by Crippen LogP contribution is 2.21. The van der Waals surface area contributed by atoms with Gasteiger partial charge in [0.1, 0.15) is 11.6 Å². The summed E-state index contributed by atoms with van der Waals surface area (Å²) >= 11 is 0. The van der Waals surface area contributed by atoms with E-state index in [1.165, 1.54) is 24.3 Å². The summed E-state index contributed by atoms with van der Waals surface area (Å²) in [5, 5.41) is 3.11. The van der Waals surface area contributed by atoms with Crippen LogP contribution < -0.4 is 15.7 Å². The zero-order valence-corrected chi connectivity index (χ0v) is 15.1. The quantitative estimate of drug-likeness (QED) is 0.557. The second kappa shape index (κ2) is 7.93. The molecule has 4 rings (SSSR count). The number of para-hydroxylation sites is 1. The van der Waals surface area contributed by atoms with Crippen LogP contribution in [0.25, 0.3) is 22.4 Å². The topological polar surface area (TPSA) is 81.4 Å². The van der Waals surface area contributed by atoms with Gasteiger partial charge >= 0.3 is 5.63 Å². The Bertz CT molecular complexity index is 1220. The highest BCUT2D eigenvalue weighted by Gasteiger charge is 2.09. The normalized spacial score (nSPS) is 10.7. The maximum absolute atomic E-state index is 12.9. The van der Waals surface area contributed by atoms with E-state index in [4.69, 9.17) is 9.15 Å². The van der Waals surface area contributed by atoms with Gasteiger partial charge in [0.05, 0.1) is 10.9 Å². The van der Waals surface area contributed by atoms with Gasteiger partial charge in [0, 0.05) is 11.3 Å². The van der Waals surface area contributed by atoms with Gasteiger partial charge < -0.3 is 14.5 Å². The van der Waals surface area contributed by atoms with Crippen molar-refractivity contribution < 1.29 is 18.3 Å². The van der Waals surface area contributed by atoms with E-state index in [0.29, 0.717) is 27.9 Å². The van der Waals surface area contributed by atoms with Gasteiger partial charge in [0.25, 0.3) is 5.91 Å². The number of halogens is 1. The molecule has 4 aromatic rings. The smallest absolute Gasteiger partial charge is 0.347 e. The Hall–Kier alpha value is -4.00. The van der Waals surface area contributed by atoms with E-state index >= 15 is 0 Å². The first-order valence-electron chi connectivity index (χ1n) is 8.77. The minimum absolute atomic E-state index is 0.200. The fraction of sp³-hybridized carbons (Fsp3) is 0.0455. The third-order valence-corrected chi connectivity index (χ3v) is 4.13. The summed E-state index contributed by atoms with van der Waals surface area (Å²) in [5.41, 5.74) is 1.24. The number of nitrogens with one attached hydrogen (secondary N) is 1. The molecule has 0 unspecified atom stereocenters. The number of carbonyl (C=O) groups excluding carboxylic acids is 1. The zero-order valence-electron chi connectivity index (χ0n) is 15.1. The third-order valence-electron chi connectivity index (χ3n) is 4.13. The Morgan fingerprint density at radius 2 is 1.72 bits per heavy atom. The molecule has 29 heavy (non-hydrogen) atoms. The molecule has 7 heteroatoms. The second-order valence-corrected chi connectivity index (χ2v) is 6.19. The van der Waals surface area contributed by atoms with Crippen LogP contribution in [0.5, 0.6) is 5.75 Å². The minimum atomic E-state index is -0.457. The highest BCUT2D eigenvalue weighted by atomic mass is 19.1. The number of nitrogens with zero attached hydrogens (tertiary/aromatic N) is 1. The van der Waals surface area contributed by atoms with Crippen LogP contribution in [0.1, 0.15) is 0 Å². The number of hydrogen-bond donors (Lipinski definition) is 1. The molecule has 6 nitrogen and oxygen atoms in total. The molecule has 1 amide bonds. The first-order chi connectivity index (χ1) is 14.1. The van der Waals surface area contributed by atoms with E-state index < -0.39 is 5.63 Å². The molecule has 0 spiro atoms. The zero-order chi connectivity index (χ0) is 20.2. The van der Waals surface area contributed by atoms with Gasteiger partial charge in [-0.25, -0.2) is 14.2 Å². The van der Waals surface area contributed by atoms with Crippen LogP contribution in [0.3, 0.4) is 0 Å². The van der Waals surface area contributed by atoms with Crippen molar-refractivity contribution in [1.29, 1.82) is 0 Å². The summed E-state index contributed by atoms with van der Waals surface area (Å²) < 4.78 is 23.5. The minimum Gasteiger partial charge on any atom is -0.484 e. The van der Waals surface area contributed by atoms with Crippen molar-refractivity contribution in [3.05, 3.63) is 89.0 Å².